The Bertz CT molecular complexity index is 1000. The van der Waals surface area contributed by atoms with Crippen LogP contribution in [-0.4, -0.2) is 66.8 Å². The summed E-state index contributed by atoms with van der Waals surface area (Å²) in [5.74, 6) is 1.14. The molecule has 0 radical (unpaired) electrons. The normalized spacial score (nSPS) is 15.4. The van der Waals surface area contributed by atoms with Crippen molar-refractivity contribution < 1.29 is 27.9 Å². The lowest BCUT2D eigenvalue weighted by molar-refractivity contribution is -0.0113. The number of aliphatic hydroxyl groups is 1. The highest BCUT2D eigenvalue weighted by Gasteiger charge is 2.27. The fourth-order valence-corrected chi connectivity index (χ4v) is 3.98. The molecule has 3 aromatic rings. The SMILES string of the molecule is CC(C)OC[C@@H](O)CN(Cc1ccco1)Cc1c(-c2ccc(F)cc2)noc1N1CCOCC1. The van der Waals surface area contributed by atoms with E-state index in [1.807, 2.05) is 26.0 Å². The molecule has 0 aliphatic carbocycles. The molecular weight excluding hydrogens is 441 g/mol. The Balaban J connectivity index is 1.63. The third kappa shape index (κ3) is 6.44. The molecule has 8 nitrogen and oxygen atoms in total. The summed E-state index contributed by atoms with van der Waals surface area (Å²) in [7, 11) is 0. The minimum absolute atomic E-state index is 0.0317. The zero-order valence-corrected chi connectivity index (χ0v) is 19.7. The van der Waals surface area contributed by atoms with Crippen molar-refractivity contribution in [2.45, 2.75) is 39.1 Å². The lowest BCUT2D eigenvalue weighted by Gasteiger charge is -2.29. The summed E-state index contributed by atoms with van der Waals surface area (Å²) in [5.41, 5.74) is 2.29. The van der Waals surface area contributed by atoms with Gasteiger partial charge in [-0.15, -0.1) is 0 Å². The van der Waals surface area contributed by atoms with Gasteiger partial charge >= 0.3 is 0 Å². The first kappa shape index (κ1) is 24.4. The van der Waals surface area contributed by atoms with Gasteiger partial charge in [0.15, 0.2) is 0 Å². The molecule has 34 heavy (non-hydrogen) atoms. The van der Waals surface area contributed by atoms with E-state index in [2.05, 4.69) is 15.0 Å². The van der Waals surface area contributed by atoms with Gasteiger partial charge in [-0.2, -0.15) is 0 Å². The van der Waals surface area contributed by atoms with Gasteiger partial charge in [0.05, 0.1) is 50.4 Å². The highest BCUT2D eigenvalue weighted by atomic mass is 19.1. The van der Waals surface area contributed by atoms with E-state index in [0.29, 0.717) is 57.5 Å². The number of rotatable bonds is 11. The molecule has 0 amide bonds. The van der Waals surface area contributed by atoms with Gasteiger partial charge in [0, 0.05) is 31.7 Å². The Morgan fingerprint density at radius 3 is 2.59 bits per heavy atom. The molecule has 4 rings (SSSR count). The van der Waals surface area contributed by atoms with Gasteiger partial charge in [-0.3, -0.25) is 4.90 Å². The van der Waals surface area contributed by atoms with Crippen molar-refractivity contribution in [2.75, 3.05) is 44.4 Å². The summed E-state index contributed by atoms with van der Waals surface area (Å²) < 4.78 is 36.1. The maximum absolute atomic E-state index is 13.6. The molecule has 0 bridgehead atoms. The summed E-state index contributed by atoms with van der Waals surface area (Å²) in [6.07, 6.45) is 0.983. The van der Waals surface area contributed by atoms with E-state index in [9.17, 15) is 9.50 Å². The lowest BCUT2D eigenvalue weighted by Crippen LogP contribution is -2.38. The van der Waals surface area contributed by atoms with Crippen LogP contribution in [0.15, 0.2) is 51.6 Å². The molecule has 1 saturated heterocycles. The number of aromatic nitrogens is 1. The number of ether oxygens (including phenoxy) is 2. The molecule has 184 valence electrons. The van der Waals surface area contributed by atoms with Crippen LogP contribution in [0.1, 0.15) is 25.2 Å². The first-order chi connectivity index (χ1) is 16.5. The zero-order valence-electron chi connectivity index (χ0n) is 19.7. The van der Waals surface area contributed by atoms with Gasteiger partial charge < -0.3 is 28.4 Å². The highest BCUT2D eigenvalue weighted by molar-refractivity contribution is 5.68. The smallest absolute Gasteiger partial charge is 0.232 e. The first-order valence-corrected chi connectivity index (χ1v) is 11.6. The second-order valence-electron chi connectivity index (χ2n) is 8.71. The molecular formula is C25H32FN3O5. The van der Waals surface area contributed by atoms with E-state index in [-0.39, 0.29) is 18.5 Å². The van der Waals surface area contributed by atoms with Crippen LogP contribution in [0.5, 0.6) is 0 Å². The third-order valence-electron chi connectivity index (χ3n) is 5.62. The van der Waals surface area contributed by atoms with E-state index >= 15 is 0 Å². The number of anilines is 1. The molecule has 1 aliphatic heterocycles. The monoisotopic (exact) mass is 473 g/mol. The number of aliphatic hydroxyl groups excluding tert-OH is 1. The number of halogens is 1. The van der Waals surface area contributed by atoms with Crippen LogP contribution < -0.4 is 4.90 Å². The summed E-state index contributed by atoms with van der Waals surface area (Å²) in [4.78, 5) is 4.19. The molecule has 0 unspecified atom stereocenters. The number of benzene rings is 1. The zero-order chi connectivity index (χ0) is 23.9. The summed E-state index contributed by atoms with van der Waals surface area (Å²) in [6, 6.07) is 9.96. The van der Waals surface area contributed by atoms with E-state index in [0.717, 1.165) is 16.9 Å². The average molecular weight is 474 g/mol. The van der Waals surface area contributed by atoms with Gasteiger partial charge in [-0.25, -0.2) is 4.39 Å². The molecule has 1 N–H and O–H groups in total. The van der Waals surface area contributed by atoms with Crippen LogP contribution in [0.2, 0.25) is 0 Å². The molecule has 1 fully saturated rings. The van der Waals surface area contributed by atoms with Crippen LogP contribution in [0.3, 0.4) is 0 Å². The van der Waals surface area contributed by atoms with Crippen LogP contribution in [0.4, 0.5) is 10.3 Å². The standard InChI is InChI=1S/C25H32FN3O5/c1-18(2)33-17-21(30)14-28(15-22-4-3-11-32-22)16-23-24(19-5-7-20(26)8-6-19)27-34-25(23)29-9-12-31-13-10-29/h3-8,11,18,21,30H,9-10,12-17H2,1-2H3/t21-/m0/s1. The summed E-state index contributed by atoms with van der Waals surface area (Å²) >= 11 is 0. The number of morpholine rings is 1. The minimum Gasteiger partial charge on any atom is -0.468 e. The largest absolute Gasteiger partial charge is 0.468 e. The number of hydrogen-bond acceptors (Lipinski definition) is 8. The van der Waals surface area contributed by atoms with Gasteiger partial charge in [0.1, 0.15) is 17.3 Å². The maximum atomic E-state index is 13.6. The van der Waals surface area contributed by atoms with Crippen molar-refractivity contribution in [3.05, 3.63) is 59.8 Å². The van der Waals surface area contributed by atoms with Gasteiger partial charge in [0.25, 0.3) is 0 Å². The minimum atomic E-state index is -0.682. The lowest BCUT2D eigenvalue weighted by atomic mass is 10.1. The fraction of sp³-hybridized carbons (Fsp3) is 0.480. The van der Waals surface area contributed by atoms with Crippen LogP contribution in [0, 0.1) is 5.82 Å². The summed E-state index contributed by atoms with van der Waals surface area (Å²) in [6.45, 7) is 8.00. The van der Waals surface area contributed by atoms with E-state index in [4.69, 9.17) is 18.4 Å². The molecule has 1 atom stereocenters. The van der Waals surface area contributed by atoms with Crippen molar-refractivity contribution in [2.24, 2.45) is 0 Å². The maximum Gasteiger partial charge on any atom is 0.232 e. The number of furan rings is 1. The van der Waals surface area contributed by atoms with Gasteiger partial charge in [0.2, 0.25) is 5.88 Å². The van der Waals surface area contributed by atoms with Gasteiger partial charge in [-0.1, -0.05) is 5.16 Å². The van der Waals surface area contributed by atoms with Crippen molar-refractivity contribution in [3.8, 4) is 11.3 Å². The molecule has 3 heterocycles. The molecule has 1 aromatic carbocycles. The Morgan fingerprint density at radius 2 is 1.91 bits per heavy atom. The van der Waals surface area contributed by atoms with E-state index < -0.39 is 6.10 Å². The Labute approximate surface area is 198 Å². The predicted molar refractivity (Wildman–Crippen MR) is 125 cm³/mol. The Kier molecular flexibility index (Phi) is 8.34. The molecule has 1 aliphatic rings. The van der Waals surface area contributed by atoms with Crippen molar-refractivity contribution in [1.82, 2.24) is 10.1 Å². The van der Waals surface area contributed by atoms with Crippen molar-refractivity contribution in [3.63, 3.8) is 0 Å². The molecule has 0 spiro atoms. The second kappa shape index (κ2) is 11.6. The van der Waals surface area contributed by atoms with E-state index in [1.165, 1.54) is 12.1 Å². The topological polar surface area (TPSA) is 84.3 Å². The number of nitrogens with zero attached hydrogens (tertiary/aromatic N) is 3. The molecule has 0 saturated carbocycles. The van der Waals surface area contributed by atoms with Crippen molar-refractivity contribution in [1.29, 1.82) is 0 Å². The Morgan fingerprint density at radius 1 is 1.15 bits per heavy atom. The van der Waals surface area contributed by atoms with Gasteiger partial charge in [-0.05, 0) is 50.2 Å². The average Bonchev–Trinajstić information content (AvgIpc) is 3.49. The van der Waals surface area contributed by atoms with Crippen LogP contribution >= 0.6 is 0 Å². The third-order valence-corrected chi connectivity index (χ3v) is 5.62. The summed E-state index contributed by atoms with van der Waals surface area (Å²) in [5, 5.41) is 15.0. The Hall–Kier alpha value is -2.72. The highest BCUT2D eigenvalue weighted by Crippen LogP contribution is 2.33. The van der Waals surface area contributed by atoms with Crippen molar-refractivity contribution >= 4 is 5.88 Å². The fourth-order valence-electron chi connectivity index (χ4n) is 3.98. The molecule has 2 aromatic heterocycles. The first-order valence-electron chi connectivity index (χ1n) is 11.6. The second-order valence-corrected chi connectivity index (χ2v) is 8.71. The van der Waals surface area contributed by atoms with Crippen LogP contribution in [0.25, 0.3) is 11.3 Å². The quantitative estimate of drug-likeness (QED) is 0.451. The van der Waals surface area contributed by atoms with E-state index in [1.54, 1.807) is 18.4 Å². The van der Waals surface area contributed by atoms with Crippen LogP contribution in [-0.2, 0) is 22.6 Å². The number of hydrogen-bond donors (Lipinski definition) is 1. The molecule has 9 heteroatoms. The predicted octanol–water partition coefficient (Wildman–Crippen LogP) is 3.70.